The lowest BCUT2D eigenvalue weighted by Gasteiger charge is -2.27. The van der Waals surface area contributed by atoms with Gasteiger partial charge in [-0.05, 0) is 44.9 Å². The number of methoxy groups -OCH3 is 1. The second-order valence-corrected chi connectivity index (χ2v) is 5.13. The molecule has 100 valence electrons. The number of hydrogen-bond acceptors (Lipinski definition) is 3. The Kier molecular flexibility index (Phi) is 4.88. The molecule has 1 saturated heterocycles. The van der Waals surface area contributed by atoms with Crippen molar-refractivity contribution in [2.24, 2.45) is 0 Å². The highest BCUT2D eigenvalue weighted by atomic mass is 16.5. The lowest BCUT2D eigenvalue weighted by Crippen LogP contribution is -2.37. The summed E-state index contributed by atoms with van der Waals surface area (Å²) in [7, 11) is 1.72. The van der Waals surface area contributed by atoms with Crippen molar-refractivity contribution in [1.29, 1.82) is 0 Å². The van der Waals surface area contributed by atoms with Crippen molar-refractivity contribution in [3.63, 3.8) is 0 Å². The summed E-state index contributed by atoms with van der Waals surface area (Å²) >= 11 is 0. The van der Waals surface area contributed by atoms with E-state index in [1.165, 1.54) is 25.8 Å². The predicted octanol–water partition coefficient (Wildman–Crippen LogP) is 3.03. The molecule has 0 bridgehead atoms. The van der Waals surface area contributed by atoms with E-state index in [-0.39, 0.29) is 0 Å². The smallest absolute Gasteiger partial charge is 0.141 e. The van der Waals surface area contributed by atoms with Gasteiger partial charge in [0, 0.05) is 12.1 Å². The Morgan fingerprint density at radius 3 is 2.94 bits per heavy atom. The van der Waals surface area contributed by atoms with Gasteiger partial charge in [0.05, 0.1) is 12.8 Å². The minimum atomic E-state index is 0.455. The van der Waals surface area contributed by atoms with Crippen molar-refractivity contribution in [1.82, 2.24) is 5.32 Å². The molecule has 0 aliphatic carbocycles. The Labute approximate surface area is 110 Å². The molecule has 18 heavy (non-hydrogen) atoms. The van der Waals surface area contributed by atoms with E-state index in [0.717, 1.165) is 17.9 Å². The molecule has 1 aromatic rings. The molecular weight excluding hydrogens is 224 g/mol. The van der Waals surface area contributed by atoms with Gasteiger partial charge in [0.2, 0.25) is 0 Å². The number of piperidine rings is 1. The number of nitrogens with one attached hydrogen (secondary N) is 2. The van der Waals surface area contributed by atoms with Gasteiger partial charge in [0.25, 0.3) is 0 Å². The number of ether oxygens (including phenoxy) is 1. The maximum Gasteiger partial charge on any atom is 0.141 e. The van der Waals surface area contributed by atoms with Crippen LogP contribution in [0.1, 0.15) is 32.6 Å². The van der Waals surface area contributed by atoms with Gasteiger partial charge in [0.15, 0.2) is 0 Å². The summed E-state index contributed by atoms with van der Waals surface area (Å²) < 4.78 is 5.36. The molecule has 0 radical (unpaired) electrons. The molecule has 0 amide bonds. The minimum absolute atomic E-state index is 0.455. The van der Waals surface area contributed by atoms with Gasteiger partial charge < -0.3 is 15.4 Å². The SMILES string of the molecule is COc1ccccc1NC(C)CC1CCCCN1. The standard InChI is InChI=1S/C15H24N2O/c1-12(11-13-7-5-6-10-16-13)17-14-8-3-4-9-15(14)18-2/h3-4,8-9,12-13,16-17H,5-7,10-11H2,1-2H3. The summed E-state index contributed by atoms with van der Waals surface area (Å²) in [6.07, 6.45) is 5.15. The first-order chi connectivity index (χ1) is 8.79. The zero-order valence-corrected chi connectivity index (χ0v) is 11.4. The molecule has 1 aromatic carbocycles. The van der Waals surface area contributed by atoms with Gasteiger partial charge in [-0.2, -0.15) is 0 Å². The first-order valence-corrected chi connectivity index (χ1v) is 6.92. The molecule has 2 atom stereocenters. The lowest BCUT2D eigenvalue weighted by molar-refractivity contribution is 0.370. The Morgan fingerprint density at radius 2 is 2.22 bits per heavy atom. The Bertz CT molecular complexity index is 361. The molecule has 1 aliphatic heterocycles. The molecule has 3 nitrogen and oxygen atoms in total. The fourth-order valence-corrected chi connectivity index (χ4v) is 2.64. The molecule has 2 unspecified atom stereocenters. The van der Waals surface area contributed by atoms with Crippen molar-refractivity contribution in [2.45, 2.75) is 44.7 Å². The number of anilines is 1. The number of benzene rings is 1. The van der Waals surface area contributed by atoms with Gasteiger partial charge in [-0.15, -0.1) is 0 Å². The van der Waals surface area contributed by atoms with Crippen LogP contribution in [0.25, 0.3) is 0 Å². The van der Waals surface area contributed by atoms with Crippen LogP contribution in [0.3, 0.4) is 0 Å². The van der Waals surface area contributed by atoms with Crippen LogP contribution in [-0.2, 0) is 0 Å². The van der Waals surface area contributed by atoms with Crippen LogP contribution in [0, 0.1) is 0 Å². The summed E-state index contributed by atoms with van der Waals surface area (Å²) in [4.78, 5) is 0. The monoisotopic (exact) mass is 248 g/mol. The average Bonchev–Trinajstić information content (AvgIpc) is 2.40. The van der Waals surface area contributed by atoms with Gasteiger partial charge in [0.1, 0.15) is 5.75 Å². The van der Waals surface area contributed by atoms with Crippen LogP contribution in [-0.4, -0.2) is 25.7 Å². The Hall–Kier alpha value is -1.22. The normalized spacial score (nSPS) is 21.3. The summed E-state index contributed by atoms with van der Waals surface area (Å²) in [5.74, 6) is 0.918. The summed E-state index contributed by atoms with van der Waals surface area (Å²) in [5, 5.41) is 7.14. The number of hydrogen-bond donors (Lipinski definition) is 2. The van der Waals surface area contributed by atoms with Crippen LogP contribution in [0.5, 0.6) is 5.75 Å². The third-order valence-electron chi connectivity index (χ3n) is 3.56. The minimum Gasteiger partial charge on any atom is -0.495 e. The van der Waals surface area contributed by atoms with E-state index in [0.29, 0.717) is 12.1 Å². The first kappa shape index (κ1) is 13.2. The summed E-state index contributed by atoms with van der Waals surface area (Å²) in [6, 6.07) is 9.22. The van der Waals surface area contributed by atoms with Crippen molar-refractivity contribution in [3.8, 4) is 5.75 Å². The molecule has 0 spiro atoms. The summed E-state index contributed by atoms with van der Waals surface area (Å²) in [6.45, 7) is 3.41. The van der Waals surface area contributed by atoms with Crippen molar-refractivity contribution >= 4 is 5.69 Å². The molecule has 0 saturated carbocycles. The third-order valence-corrected chi connectivity index (χ3v) is 3.56. The molecule has 1 aliphatic rings. The van der Waals surface area contributed by atoms with Crippen LogP contribution in [0.15, 0.2) is 24.3 Å². The molecule has 0 aromatic heterocycles. The van der Waals surface area contributed by atoms with E-state index in [2.05, 4.69) is 23.6 Å². The highest BCUT2D eigenvalue weighted by molar-refractivity contribution is 5.56. The summed E-state index contributed by atoms with van der Waals surface area (Å²) in [5.41, 5.74) is 1.09. The molecule has 1 fully saturated rings. The molecular formula is C15H24N2O. The van der Waals surface area contributed by atoms with E-state index in [9.17, 15) is 0 Å². The first-order valence-electron chi connectivity index (χ1n) is 6.92. The Morgan fingerprint density at radius 1 is 1.39 bits per heavy atom. The van der Waals surface area contributed by atoms with Crippen molar-refractivity contribution < 1.29 is 4.74 Å². The van der Waals surface area contributed by atoms with Gasteiger partial charge >= 0.3 is 0 Å². The zero-order valence-electron chi connectivity index (χ0n) is 11.4. The number of rotatable bonds is 5. The van der Waals surface area contributed by atoms with Crippen LogP contribution in [0.4, 0.5) is 5.69 Å². The van der Waals surface area contributed by atoms with Crippen LogP contribution in [0.2, 0.25) is 0 Å². The van der Waals surface area contributed by atoms with E-state index in [1.807, 2.05) is 18.2 Å². The third kappa shape index (κ3) is 3.64. The largest absolute Gasteiger partial charge is 0.495 e. The molecule has 1 heterocycles. The molecule has 2 rings (SSSR count). The second-order valence-electron chi connectivity index (χ2n) is 5.13. The van der Waals surface area contributed by atoms with E-state index in [1.54, 1.807) is 7.11 Å². The van der Waals surface area contributed by atoms with Crippen LogP contribution >= 0.6 is 0 Å². The maximum atomic E-state index is 5.36. The Balaban J connectivity index is 1.87. The zero-order chi connectivity index (χ0) is 12.8. The highest BCUT2D eigenvalue weighted by Crippen LogP contribution is 2.24. The molecule has 3 heteroatoms. The van der Waals surface area contributed by atoms with Gasteiger partial charge in [-0.1, -0.05) is 18.6 Å². The topological polar surface area (TPSA) is 33.3 Å². The van der Waals surface area contributed by atoms with Gasteiger partial charge in [-0.25, -0.2) is 0 Å². The second kappa shape index (κ2) is 6.64. The molecule has 2 N–H and O–H groups in total. The predicted molar refractivity (Wildman–Crippen MR) is 76.3 cm³/mol. The van der Waals surface area contributed by atoms with E-state index < -0.39 is 0 Å². The quantitative estimate of drug-likeness (QED) is 0.840. The maximum absolute atomic E-state index is 5.36. The van der Waals surface area contributed by atoms with Gasteiger partial charge in [-0.3, -0.25) is 0 Å². The fraction of sp³-hybridized carbons (Fsp3) is 0.600. The van der Waals surface area contributed by atoms with Crippen molar-refractivity contribution in [3.05, 3.63) is 24.3 Å². The average molecular weight is 248 g/mol. The lowest BCUT2D eigenvalue weighted by atomic mass is 9.98. The number of para-hydroxylation sites is 2. The van der Waals surface area contributed by atoms with Crippen molar-refractivity contribution in [2.75, 3.05) is 19.0 Å². The van der Waals surface area contributed by atoms with Crippen LogP contribution < -0.4 is 15.4 Å². The van der Waals surface area contributed by atoms with E-state index >= 15 is 0 Å². The fourth-order valence-electron chi connectivity index (χ4n) is 2.64. The van der Waals surface area contributed by atoms with E-state index in [4.69, 9.17) is 4.74 Å². The highest BCUT2D eigenvalue weighted by Gasteiger charge is 2.16.